The Morgan fingerprint density at radius 1 is 1.27 bits per heavy atom. The van der Waals surface area contributed by atoms with Crippen LogP contribution in [-0.2, 0) is 9.59 Å². The fraction of sp³-hybridized carbons (Fsp3) is 0.818. The summed E-state index contributed by atoms with van der Waals surface area (Å²) in [4.78, 5) is 25.1. The van der Waals surface area contributed by atoms with Crippen LogP contribution in [0.3, 0.4) is 0 Å². The lowest BCUT2D eigenvalue weighted by Gasteiger charge is -2.37. The summed E-state index contributed by atoms with van der Waals surface area (Å²) in [5, 5.41) is 3.24. The number of nitrogens with one attached hydrogen (secondary N) is 1. The van der Waals surface area contributed by atoms with Gasteiger partial charge >= 0.3 is 0 Å². The number of likely N-dealkylation sites (tertiary alicyclic amines) is 1. The number of nitrogens with zero attached hydrogens (tertiary/aromatic N) is 1. The Morgan fingerprint density at radius 3 is 2.47 bits per heavy atom. The van der Waals surface area contributed by atoms with Crippen LogP contribution in [0, 0.1) is 5.92 Å². The van der Waals surface area contributed by atoms with Gasteiger partial charge in [0.05, 0.1) is 6.04 Å². The summed E-state index contributed by atoms with van der Waals surface area (Å²) < 4.78 is 0. The molecule has 2 amide bonds. The Balaban J connectivity index is 2.05. The van der Waals surface area contributed by atoms with Crippen molar-refractivity contribution in [3.05, 3.63) is 0 Å². The largest absolute Gasteiger partial charge is 0.315 e. The van der Waals surface area contributed by atoms with Crippen molar-refractivity contribution >= 4 is 11.8 Å². The lowest BCUT2D eigenvalue weighted by Crippen LogP contribution is -2.54. The average molecular weight is 210 g/mol. The maximum absolute atomic E-state index is 11.8. The lowest BCUT2D eigenvalue weighted by molar-refractivity contribution is -0.153. The Labute approximate surface area is 90.0 Å². The molecule has 0 spiro atoms. The van der Waals surface area contributed by atoms with Gasteiger partial charge < -0.3 is 5.32 Å². The van der Waals surface area contributed by atoms with Crippen LogP contribution in [0.15, 0.2) is 0 Å². The van der Waals surface area contributed by atoms with Crippen molar-refractivity contribution in [3.8, 4) is 0 Å². The number of hydrogen-bond donors (Lipinski definition) is 1. The SMILES string of the molecule is CC1CC(=O)N(C2CCCNC2)C(=O)C1. The second-order valence-electron chi connectivity index (χ2n) is 4.67. The zero-order chi connectivity index (χ0) is 10.8. The number of piperidine rings is 2. The monoisotopic (exact) mass is 210 g/mol. The van der Waals surface area contributed by atoms with Gasteiger partial charge in [-0.3, -0.25) is 14.5 Å². The van der Waals surface area contributed by atoms with Gasteiger partial charge in [-0.25, -0.2) is 0 Å². The Hall–Kier alpha value is -0.900. The van der Waals surface area contributed by atoms with Gasteiger partial charge in [0.15, 0.2) is 0 Å². The molecule has 0 aromatic carbocycles. The van der Waals surface area contributed by atoms with Crippen molar-refractivity contribution in [1.82, 2.24) is 10.2 Å². The third-order valence-corrected chi connectivity index (χ3v) is 3.22. The van der Waals surface area contributed by atoms with Crippen molar-refractivity contribution in [3.63, 3.8) is 0 Å². The quantitative estimate of drug-likeness (QED) is 0.642. The molecule has 1 atom stereocenters. The number of rotatable bonds is 1. The second kappa shape index (κ2) is 4.31. The summed E-state index contributed by atoms with van der Waals surface area (Å²) in [6, 6.07) is 0.103. The van der Waals surface area contributed by atoms with Gasteiger partial charge in [-0.1, -0.05) is 6.92 Å². The van der Waals surface area contributed by atoms with Crippen molar-refractivity contribution in [2.45, 2.75) is 38.6 Å². The van der Waals surface area contributed by atoms with Crippen LogP contribution in [0.1, 0.15) is 32.6 Å². The predicted octanol–water partition coefficient (Wildman–Crippen LogP) is 0.524. The van der Waals surface area contributed by atoms with Gasteiger partial charge in [-0.05, 0) is 25.3 Å². The molecule has 15 heavy (non-hydrogen) atoms. The maximum Gasteiger partial charge on any atom is 0.229 e. The summed E-state index contributed by atoms with van der Waals surface area (Å²) in [7, 11) is 0. The molecule has 4 heteroatoms. The summed E-state index contributed by atoms with van der Waals surface area (Å²) in [6.07, 6.45) is 3.07. The first-order chi connectivity index (χ1) is 7.18. The Morgan fingerprint density at radius 2 is 1.93 bits per heavy atom. The van der Waals surface area contributed by atoms with Crippen LogP contribution < -0.4 is 5.32 Å². The molecule has 0 aromatic rings. The van der Waals surface area contributed by atoms with Crippen LogP contribution in [0.25, 0.3) is 0 Å². The van der Waals surface area contributed by atoms with Crippen molar-refractivity contribution in [2.75, 3.05) is 13.1 Å². The summed E-state index contributed by atoms with van der Waals surface area (Å²) in [5.41, 5.74) is 0. The van der Waals surface area contributed by atoms with E-state index in [9.17, 15) is 9.59 Å². The first-order valence-electron chi connectivity index (χ1n) is 5.74. The third-order valence-electron chi connectivity index (χ3n) is 3.22. The highest BCUT2D eigenvalue weighted by molar-refractivity contribution is 5.98. The molecule has 1 unspecified atom stereocenters. The van der Waals surface area contributed by atoms with E-state index in [0.717, 1.165) is 25.9 Å². The minimum atomic E-state index is 0.0208. The molecular formula is C11H18N2O2. The van der Waals surface area contributed by atoms with Gasteiger partial charge in [-0.15, -0.1) is 0 Å². The zero-order valence-corrected chi connectivity index (χ0v) is 9.16. The van der Waals surface area contributed by atoms with Gasteiger partial charge in [0.25, 0.3) is 0 Å². The highest BCUT2D eigenvalue weighted by Crippen LogP contribution is 2.23. The van der Waals surface area contributed by atoms with Gasteiger partial charge in [0.2, 0.25) is 11.8 Å². The summed E-state index contributed by atoms with van der Waals surface area (Å²) in [5.74, 6) is 0.262. The van der Waals surface area contributed by atoms with E-state index in [1.165, 1.54) is 4.90 Å². The molecule has 2 saturated heterocycles. The molecule has 2 fully saturated rings. The number of imide groups is 1. The molecule has 0 aliphatic carbocycles. The Bertz CT molecular complexity index is 254. The molecule has 1 N–H and O–H groups in total. The summed E-state index contributed by atoms with van der Waals surface area (Å²) >= 11 is 0. The van der Waals surface area contributed by atoms with Crippen LogP contribution >= 0.6 is 0 Å². The van der Waals surface area contributed by atoms with Crippen LogP contribution in [0.2, 0.25) is 0 Å². The van der Waals surface area contributed by atoms with Crippen LogP contribution in [-0.4, -0.2) is 35.8 Å². The molecule has 2 aliphatic rings. The van der Waals surface area contributed by atoms with E-state index in [0.29, 0.717) is 12.8 Å². The second-order valence-corrected chi connectivity index (χ2v) is 4.67. The normalized spacial score (nSPS) is 29.7. The molecule has 0 bridgehead atoms. The van der Waals surface area contributed by atoms with Crippen LogP contribution in [0.5, 0.6) is 0 Å². The highest BCUT2D eigenvalue weighted by Gasteiger charge is 2.35. The van der Waals surface area contributed by atoms with Gasteiger partial charge in [0, 0.05) is 19.4 Å². The fourth-order valence-corrected chi connectivity index (χ4v) is 2.47. The topological polar surface area (TPSA) is 49.4 Å². The number of hydrogen-bond acceptors (Lipinski definition) is 3. The first-order valence-corrected chi connectivity index (χ1v) is 5.74. The van der Waals surface area contributed by atoms with E-state index in [-0.39, 0.29) is 23.8 Å². The van der Waals surface area contributed by atoms with E-state index in [1.807, 2.05) is 6.92 Å². The molecule has 0 aromatic heterocycles. The summed E-state index contributed by atoms with van der Waals surface area (Å²) in [6.45, 7) is 3.74. The molecular weight excluding hydrogens is 192 g/mol. The molecule has 84 valence electrons. The van der Waals surface area contributed by atoms with E-state index in [4.69, 9.17) is 0 Å². The maximum atomic E-state index is 11.8. The average Bonchev–Trinajstić information content (AvgIpc) is 2.17. The minimum Gasteiger partial charge on any atom is -0.315 e. The molecule has 2 aliphatic heterocycles. The van der Waals surface area contributed by atoms with Gasteiger partial charge in [-0.2, -0.15) is 0 Å². The number of carbonyl (C=O) groups is 2. The molecule has 2 heterocycles. The van der Waals surface area contributed by atoms with E-state index in [1.54, 1.807) is 0 Å². The van der Waals surface area contributed by atoms with Crippen molar-refractivity contribution in [1.29, 1.82) is 0 Å². The van der Waals surface area contributed by atoms with E-state index >= 15 is 0 Å². The highest BCUT2D eigenvalue weighted by atomic mass is 16.2. The standard InChI is InChI=1S/C11H18N2O2/c1-8-5-10(14)13(11(15)6-8)9-3-2-4-12-7-9/h8-9,12H,2-7H2,1H3. The first kappa shape index (κ1) is 10.6. The number of carbonyl (C=O) groups excluding carboxylic acids is 2. The Kier molecular flexibility index (Phi) is 3.05. The van der Waals surface area contributed by atoms with Gasteiger partial charge in [0.1, 0.15) is 0 Å². The third kappa shape index (κ3) is 2.20. The molecule has 4 nitrogen and oxygen atoms in total. The minimum absolute atomic E-state index is 0.0208. The zero-order valence-electron chi connectivity index (χ0n) is 9.16. The number of amides is 2. The van der Waals surface area contributed by atoms with Crippen molar-refractivity contribution < 1.29 is 9.59 Å². The van der Waals surface area contributed by atoms with E-state index < -0.39 is 0 Å². The lowest BCUT2D eigenvalue weighted by atomic mass is 9.94. The van der Waals surface area contributed by atoms with Crippen molar-refractivity contribution in [2.24, 2.45) is 5.92 Å². The smallest absolute Gasteiger partial charge is 0.229 e. The molecule has 2 rings (SSSR count). The molecule has 0 saturated carbocycles. The fourth-order valence-electron chi connectivity index (χ4n) is 2.47. The molecule has 0 radical (unpaired) electrons. The predicted molar refractivity (Wildman–Crippen MR) is 56.1 cm³/mol. The van der Waals surface area contributed by atoms with Crippen LogP contribution in [0.4, 0.5) is 0 Å². The van der Waals surface area contributed by atoms with E-state index in [2.05, 4.69) is 5.32 Å².